The number of rotatable bonds is 8. The molecule has 0 unspecified atom stereocenters. The summed E-state index contributed by atoms with van der Waals surface area (Å²) in [7, 11) is 1.75. The van der Waals surface area contributed by atoms with Crippen molar-refractivity contribution in [3.63, 3.8) is 0 Å². The first-order valence-corrected chi connectivity index (χ1v) is 11.2. The van der Waals surface area contributed by atoms with Crippen LogP contribution in [0.1, 0.15) is 11.1 Å². The van der Waals surface area contributed by atoms with E-state index in [0.29, 0.717) is 5.75 Å². The summed E-state index contributed by atoms with van der Waals surface area (Å²) in [5, 5.41) is 11.7. The van der Waals surface area contributed by atoms with E-state index in [1.165, 1.54) is 12.1 Å². The number of benzene rings is 3. The first-order valence-electron chi connectivity index (χ1n) is 9.29. The average Bonchev–Trinajstić information content (AvgIpc) is 2.82. The van der Waals surface area contributed by atoms with Crippen molar-refractivity contribution in [2.24, 2.45) is 4.99 Å². The maximum absolute atomic E-state index is 10.9. The van der Waals surface area contributed by atoms with Crippen LogP contribution in [-0.4, -0.2) is 17.8 Å². The van der Waals surface area contributed by atoms with Crippen LogP contribution in [0.4, 0.5) is 11.4 Å². The summed E-state index contributed by atoms with van der Waals surface area (Å²) < 4.78 is 5.24. The Balaban J connectivity index is 1.85. The van der Waals surface area contributed by atoms with E-state index in [2.05, 4.69) is 11.6 Å². The van der Waals surface area contributed by atoms with Crippen molar-refractivity contribution in [2.45, 2.75) is 5.75 Å². The predicted molar refractivity (Wildman–Crippen MR) is 136 cm³/mol. The minimum atomic E-state index is -0.397. The predicted octanol–water partition coefficient (Wildman–Crippen LogP) is 6.61. The SMILES string of the molecule is C=C(SCc1ccc([N+](=O)[O-])cc1)N(C(=NC)c1ccc(OI)cc1)c1ccccc1. The molecular formula is C23H20IN3O3S. The van der Waals surface area contributed by atoms with Gasteiger partial charge in [0.2, 0.25) is 0 Å². The van der Waals surface area contributed by atoms with E-state index in [4.69, 9.17) is 3.07 Å². The Morgan fingerprint density at radius 3 is 2.29 bits per heavy atom. The van der Waals surface area contributed by atoms with E-state index in [9.17, 15) is 10.1 Å². The lowest BCUT2D eigenvalue weighted by molar-refractivity contribution is -0.384. The second-order valence-electron chi connectivity index (χ2n) is 6.43. The fourth-order valence-corrected chi connectivity index (χ4v) is 4.06. The molecule has 3 aromatic carbocycles. The number of hydrogen-bond donors (Lipinski definition) is 0. The molecule has 0 spiro atoms. The highest BCUT2D eigenvalue weighted by Crippen LogP contribution is 2.31. The van der Waals surface area contributed by atoms with Gasteiger partial charge < -0.3 is 3.07 Å². The molecule has 0 saturated carbocycles. The van der Waals surface area contributed by atoms with Crippen LogP contribution >= 0.6 is 34.8 Å². The Hall–Kier alpha value is -2.85. The highest BCUT2D eigenvalue weighted by molar-refractivity contribution is 14.1. The van der Waals surface area contributed by atoms with Gasteiger partial charge in [-0.25, -0.2) is 0 Å². The molecule has 0 amide bonds. The molecule has 0 aliphatic rings. The van der Waals surface area contributed by atoms with Crippen molar-refractivity contribution in [3.8, 4) is 5.75 Å². The summed E-state index contributed by atoms with van der Waals surface area (Å²) in [6.45, 7) is 4.29. The monoisotopic (exact) mass is 545 g/mol. The van der Waals surface area contributed by atoms with Gasteiger partial charge in [0.25, 0.3) is 5.69 Å². The highest BCUT2D eigenvalue weighted by atomic mass is 127. The molecule has 0 aromatic heterocycles. The number of anilines is 1. The quantitative estimate of drug-likeness (QED) is 0.105. The maximum atomic E-state index is 10.9. The van der Waals surface area contributed by atoms with Gasteiger partial charge in [0.05, 0.1) is 9.95 Å². The number of halogens is 1. The van der Waals surface area contributed by atoms with Crippen LogP contribution in [0.5, 0.6) is 5.75 Å². The fraction of sp³-hybridized carbons (Fsp3) is 0.0870. The Morgan fingerprint density at radius 1 is 1.10 bits per heavy atom. The summed E-state index contributed by atoms with van der Waals surface area (Å²) in [4.78, 5) is 17.0. The van der Waals surface area contributed by atoms with Crippen LogP contribution in [0, 0.1) is 10.1 Å². The zero-order valence-electron chi connectivity index (χ0n) is 16.8. The topological polar surface area (TPSA) is 68.0 Å². The standard InChI is InChI=1S/C23H20IN3O3S/c1-17(31-16-18-8-12-21(13-9-18)27(28)29)26(20-6-4-3-5-7-20)23(25-2)19-10-14-22(30-24)15-11-19/h3-15H,1,16H2,2H3. The molecule has 0 aliphatic heterocycles. The Bertz CT molecular complexity index is 1070. The number of aliphatic imine (C=N–C) groups is 1. The first kappa shape index (κ1) is 22.8. The minimum Gasteiger partial charge on any atom is -0.428 e. The number of para-hydroxylation sites is 1. The molecule has 0 aliphatic carbocycles. The van der Waals surface area contributed by atoms with Gasteiger partial charge in [-0.3, -0.25) is 20.0 Å². The van der Waals surface area contributed by atoms with E-state index in [1.54, 1.807) is 30.9 Å². The van der Waals surface area contributed by atoms with Crippen molar-refractivity contribution in [1.82, 2.24) is 0 Å². The second-order valence-corrected chi connectivity index (χ2v) is 7.91. The van der Waals surface area contributed by atoms with Gasteiger partial charge in [-0.1, -0.05) is 36.9 Å². The molecule has 3 aromatic rings. The van der Waals surface area contributed by atoms with Gasteiger partial charge in [-0.2, -0.15) is 0 Å². The Morgan fingerprint density at radius 2 is 1.74 bits per heavy atom. The third kappa shape index (κ3) is 5.86. The van der Waals surface area contributed by atoms with Crippen LogP contribution in [0.2, 0.25) is 0 Å². The molecule has 0 bridgehead atoms. The average molecular weight is 545 g/mol. The number of non-ortho nitro benzene ring substituents is 1. The van der Waals surface area contributed by atoms with Gasteiger partial charge in [-0.05, 0) is 42.0 Å². The molecule has 158 valence electrons. The third-order valence-electron chi connectivity index (χ3n) is 4.44. The lowest BCUT2D eigenvalue weighted by Gasteiger charge is -2.28. The van der Waals surface area contributed by atoms with E-state index in [-0.39, 0.29) is 5.69 Å². The Kier molecular flexibility index (Phi) is 8.07. The number of thioether (sulfide) groups is 1. The lowest BCUT2D eigenvalue weighted by Crippen LogP contribution is -2.29. The van der Waals surface area contributed by atoms with E-state index < -0.39 is 4.92 Å². The van der Waals surface area contributed by atoms with Crippen molar-refractivity contribution < 1.29 is 7.99 Å². The molecule has 0 N–H and O–H groups in total. The molecule has 8 heteroatoms. The van der Waals surface area contributed by atoms with Crippen LogP contribution in [-0.2, 0) is 5.75 Å². The normalized spacial score (nSPS) is 11.1. The molecule has 0 radical (unpaired) electrons. The maximum Gasteiger partial charge on any atom is 0.269 e. The first-order chi connectivity index (χ1) is 15.0. The highest BCUT2D eigenvalue weighted by Gasteiger charge is 2.19. The van der Waals surface area contributed by atoms with Crippen molar-refractivity contribution >= 4 is 52.0 Å². The smallest absolute Gasteiger partial charge is 0.269 e. The summed E-state index contributed by atoms with van der Waals surface area (Å²) >= 11 is 3.40. The molecule has 6 nitrogen and oxygen atoms in total. The molecule has 3 rings (SSSR count). The number of hydrogen-bond acceptors (Lipinski definition) is 5. The summed E-state index contributed by atoms with van der Waals surface area (Å²) in [6.07, 6.45) is 0. The van der Waals surface area contributed by atoms with E-state index >= 15 is 0 Å². The molecule has 0 atom stereocenters. The molecule has 31 heavy (non-hydrogen) atoms. The molecule has 0 heterocycles. The summed E-state index contributed by atoms with van der Waals surface area (Å²) in [6, 6.07) is 24.2. The zero-order chi connectivity index (χ0) is 22.2. The fourth-order valence-electron chi connectivity index (χ4n) is 2.92. The number of nitro benzene ring substituents is 1. The second kappa shape index (κ2) is 11.0. The number of nitro groups is 1. The van der Waals surface area contributed by atoms with Crippen LogP contribution in [0.25, 0.3) is 0 Å². The molecule has 0 fully saturated rings. The molecular weight excluding hydrogens is 525 g/mol. The van der Waals surface area contributed by atoms with Crippen molar-refractivity contribution in [1.29, 1.82) is 0 Å². The number of amidine groups is 1. The van der Waals surface area contributed by atoms with Crippen LogP contribution < -0.4 is 7.97 Å². The van der Waals surface area contributed by atoms with Gasteiger partial charge >= 0.3 is 0 Å². The minimum absolute atomic E-state index is 0.0813. The van der Waals surface area contributed by atoms with Gasteiger partial charge in [0, 0.05) is 36.2 Å². The van der Waals surface area contributed by atoms with Crippen LogP contribution in [0.3, 0.4) is 0 Å². The lowest BCUT2D eigenvalue weighted by atomic mass is 10.1. The van der Waals surface area contributed by atoms with Gasteiger partial charge in [-0.15, -0.1) is 11.8 Å². The van der Waals surface area contributed by atoms with Gasteiger partial charge in [0.15, 0.2) is 23.0 Å². The summed E-state index contributed by atoms with van der Waals surface area (Å²) in [5.41, 5.74) is 2.93. The van der Waals surface area contributed by atoms with Gasteiger partial charge in [0.1, 0.15) is 11.6 Å². The molecule has 0 saturated heterocycles. The number of nitrogens with zero attached hydrogens (tertiary/aromatic N) is 3. The van der Waals surface area contributed by atoms with Crippen molar-refractivity contribution in [2.75, 3.05) is 11.9 Å². The van der Waals surface area contributed by atoms with E-state index in [1.807, 2.05) is 82.5 Å². The van der Waals surface area contributed by atoms with Crippen LogP contribution in [0.15, 0.2) is 95.5 Å². The van der Waals surface area contributed by atoms with E-state index in [0.717, 1.165) is 33.4 Å². The van der Waals surface area contributed by atoms with Crippen molar-refractivity contribution in [3.05, 3.63) is 112 Å². The Labute approximate surface area is 199 Å². The zero-order valence-corrected chi connectivity index (χ0v) is 19.7. The largest absolute Gasteiger partial charge is 0.428 e. The summed E-state index contributed by atoms with van der Waals surface area (Å²) in [5.74, 6) is 2.14. The third-order valence-corrected chi connectivity index (χ3v) is 5.94.